The predicted molar refractivity (Wildman–Crippen MR) is 66.1 cm³/mol. The Morgan fingerprint density at radius 3 is 3.00 bits per heavy atom. The lowest BCUT2D eigenvalue weighted by atomic mass is 10.2. The van der Waals surface area contributed by atoms with Crippen molar-refractivity contribution < 1.29 is 9.53 Å². The molecule has 0 N–H and O–H groups in total. The van der Waals surface area contributed by atoms with Crippen LogP contribution in [0.2, 0.25) is 5.02 Å². The van der Waals surface area contributed by atoms with Crippen molar-refractivity contribution in [2.45, 2.75) is 19.4 Å². The summed E-state index contributed by atoms with van der Waals surface area (Å²) in [5, 5.41) is 1.48. The quantitative estimate of drug-likeness (QED) is 0.789. The Morgan fingerprint density at radius 2 is 2.35 bits per heavy atom. The van der Waals surface area contributed by atoms with Gasteiger partial charge in [0.15, 0.2) is 0 Å². The number of esters is 1. The lowest BCUT2D eigenvalue weighted by Gasteiger charge is -2.15. The molecule has 0 amide bonds. The summed E-state index contributed by atoms with van der Waals surface area (Å²) in [6.07, 6.45) is 4.09. The highest BCUT2D eigenvalue weighted by Crippen LogP contribution is 2.26. The van der Waals surface area contributed by atoms with E-state index in [0.29, 0.717) is 17.1 Å². The van der Waals surface area contributed by atoms with Gasteiger partial charge in [0.25, 0.3) is 0 Å². The third-order valence-electron chi connectivity index (χ3n) is 2.76. The van der Waals surface area contributed by atoms with Gasteiger partial charge in [-0.1, -0.05) is 18.5 Å². The summed E-state index contributed by atoms with van der Waals surface area (Å²) in [6, 6.07) is 3.23. The summed E-state index contributed by atoms with van der Waals surface area (Å²) in [6.45, 7) is 1.93. The van der Waals surface area contributed by atoms with Crippen LogP contribution >= 0.6 is 11.6 Å². The first-order chi connectivity index (χ1) is 8.19. The van der Waals surface area contributed by atoms with Crippen molar-refractivity contribution in [3.05, 3.63) is 29.5 Å². The monoisotopic (exact) mass is 252 g/mol. The molecular weight excluding hydrogens is 240 g/mol. The normalized spacial score (nSPS) is 12.6. The summed E-state index contributed by atoms with van der Waals surface area (Å²) >= 11 is 6.06. The third kappa shape index (κ3) is 2.00. The molecule has 2 heterocycles. The Morgan fingerprint density at radius 1 is 1.59 bits per heavy atom. The molecule has 0 aliphatic heterocycles. The standard InChI is InChI=1S/C12H13ClN2O2/c1-3-10(12(16)17-2)15-7-5-8-9(13)4-6-14-11(8)15/h4-7,10H,3H2,1-2H3. The number of pyridine rings is 1. The second kappa shape index (κ2) is 4.75. The molecule has 2 aromatic heterocycles. The zero-order valence-corrected chi connectivity index (χ0v) is 10.4. The van der Waals surface area contributed by atoms with E-state index >= 15 is 0 Å². The van der Waals surface area contributed by atoms with Crippen molar-refractivity contribution in [2.75, 3.05) is 7.11 Å². The van der Waals surface area contributed by atoms with Crippen molar-refractivity contribution in [3.63, 3.8) is 0 Å². The summed E-state index contributed by atoms with van der Waals surface area (Å²) in [5.74, 6) is -0.272. The minimum Gasteiger partial charge on any atom is -0.467 e. The van der Waals surface area contributed by atoms with Crippen LogP contribution in [0.1, 0.15) is 19.4 Å². The molecule has 0 bridgehead atoms. The molecule has 2 rings (SSSR count). The number of hydrogen-bond donors (Lipinski definition) is 0. The van der Waals surface area contributed by atoms with E-state index in [9.17, 15) is 4.79 Å². The van der Waals surface area contributed by atoms with E-state index in [1.54, 1.807) is 16.8 Å². The fourth-order valence-corrected chi connectivity index (χ4v) is 2.09. The molecule has 4 nitrogen and oxygen atoms in total. The van der Waals surface area contributed by atoms with E-state index in [-0.39, 0.29) is 12.0 Å². The largest absolute Gasteiger partial charge is 0.467 e. The highest BCUT2D eigenvalue weighted by Gasteiger charge is 2.21. The minimum atomic E-state index is -0.358. The van der Waals surface area contributed by atoms with Gasteiger partial charge in [-0.25, -0.2) is 9.78 Å². The van der Waals surface area contributed by atoms with Gasteiger partial charge in [-0.2, -0.15) is 0 Å². The third-order valence-corrected chi connectivity index (χ3v) is 3.09. The van der Waals surface area contributed by atoms with Gasteiger partial charge in [0, 0.05) is 17.8 Å². The van der Waals surface area contributed by atoms with Crippen molar-refractivity contribution in [3.8, 4) is 0 Å². The van der Waals surface area contributed by atoms with Crippen molar-refractivity contribution in [2.24, 2.45) is 0 Å². The maximum atomic E-state index is 11.7. The first-order valence-corrected chi connectivity index (χ1v) is 5.75. The Balaban J connectivity index is 2.55. The maximum absolute atomic E-state index is 11.7. The van der Waals surface area contributed by atoms with Gasteiger partial charge in [0.05, 0.1) is 12.1 Å². The average Bonchev–Trinajstić information content (AvgIpc) is 2.75. The maximum Gasteiger partial charge on any atom is 0.328 e. The van der Waals surface area contributed by atoms with Gasteiger partial charge in [-0.05, 0) is 18.6 Å². The highest BCUT2D eigenvalue weighted by molar-refractivity contribution is 6.35. The van der Waals surface area contributed by atoms with E-state index < -0.39 is 0 Å². The fourth-order valence-electron chi connectivity index (χ4n) is 1.89. The van der Waals surface area contributed by atoms with Crippen LogP contribution in [0.5, 0.6) is 0 Å². The number of rotatable bonds is 3. The second-order valence-corrected chi connectivity index (χ2v) is 4.11. The average molecular weight is 253 g/mol. The number of nitrogens with zero attached hydrogens (tertiary/aromatic N) is 2. The molecule has 1 unspecified atom stereocenters. The van der Waals surface area contributed by atoms with Gasteiger partial charge >= 0.3 is 5.97 Å². The van der Waals surface area contributed by atoms with Gasteiger partial charge in [0.2, 0.25) is 0 Å². The fraction of sp³-hybridized carbons (Fsp3) is 0.333. The highest BCUT2D eigenvalue weighted by atomic mass is 35.5. The molecule has 90 valence electrons. The van der Waals surface area contributed by atoms with Crippen LogP contribution < -0.4 is 0 Å². The number of halogens is 1. The number of fused-ring (bicyclic) bond motifs is 1. The first-order valence-electron chi connectivity index (χ1n) is 5.38. The Kier molecular flexibility index (Phi) is 3.33. The van der Waals surface area contributed by atoms with Crippen LogP contribution in [0.15, 0.2) is 24.5 Å². The van der Waals surface area contributed by atoms with Gasteiger partial charge < -0.3 is 9.30 Å². The van der Waals surface area contributed by atoms with Crippen LogP contribution in [0.3, 0.4) is 0 Å². The smallest absolute Gasteiger partial charge is 0.328 e. The molecule has 17 heavy (non-hydrogen) atoms. The molecule has 0 spiro atoms. The number of methoxy groups -OCH3 is 1. The molecule has 5 heteroatoms. The minimum absolute atomic E-state index is 0.272. The number of hydrogen-bond acceptors (Lipinski definition) is 3. The molecule has 1 atom stereocenters. The predicted octanol–water partition coefficient (Wildman–Crippen LogP) is 2.81. The summed E-state index contributed by atoms with van der Waals surface area (Å²) in [5.41, 5.74) is 0.703. The summed E-state index contributed by atoms with van der Waals surface area (Å²) in [7, 11) is 1.39. The number of aromatic nitrogens is 2. The second-order valence-electron chi connectivity index (χ2n) is 3.70. The van der Waals surface area contributed by atoms with E-state index in [4.69, 9.17) is 16.3 Å². The Hall–Kier alpha value is -1.55. The molecule has 0 radical (unpaired) electrons. The van der Waals surface area contributed by atoms with Crippen molar-refractivity contribution in [1.29, 1.82) is 0 Å². The van der Waals surface area contributed by atoms with Crippen LogP contribution in [0.4, 0.5) is 0 Å². The first kappa shape index (κ1) is 11.9. The number of carbonyl (C=O) groups is 1. The van der Waals surface area contributed by atoms with Crippen LogP contribution in [0, 0.1) is 0 Å². The van der Waals surface area contributed by atoms with Gasteiger partial charge in [0.1, 0.15) is 11.7 Å². The van der Waals surface area contributed by atoms with E-state index in [1.165, 1.54) is 7.11 Å². The molecule has 0 aromatic carbocycles. The van der Waals surface area contributed by atoms with Gasteiger partial charge in [-0.3, -0.25) is 0 Å². The summed E-state index contributed by atoms with van der Waals surface area (Å²) in [4.78, 5) is 15.9. The van der Waals surface area contributed by atoms with Crippen LogP contribution in [-0.2, 0) is 9.53 Å². The molecule has 0 saturated carbocycles. The zero-order valence-electron chi connectivity index (χ0n) is 9.68. The van der Waals surface area contributed by atoms with E-state index in [0.717, 1.165) is 5.39 Å². The number of ether oxygens (including phenoxy) is 1. The van der Waals surface area contributed by atoms with E-state index in [1.807, 2.05) is 19.2 Å². The molecule has 0 fully saturated rings. The number of carbonyl (C=O) groups excluding carboxylic acids is 1. The van der Waals surface area contributed by atoms with Crippen molar-refractivity contribution in [1.82, 2.24) is 9.55 Å². The molecule has 0 aliphatic carbocycles. The molecule has 2 aromatic rings. The van der Waals surface area contributed by atoms with Gasteiger partial charge in [-0.15, -0.1) is 0 Å². The lowest BCUT2D eigenvalue weighted by molar-refractivity contribution is -0.144. The Labute approximate surface area is 104 Å². The Bertz CT molecular complexity index is 550. The zero-order chi connectivity index (χ0) is 12.4. The molecule has 0 saturated heterocycles. The molecule has 0 aliphatic rings. The topological polar surface area (TPSA) is 44.1 Å². The lowest BCUT2D eigenvalue weighted by Crippen LogP contribution is -2.19. The van der Waals surface area contributed by atoms with Crippen molar-refractivity contribution >= 4 is 28.6 Å². The molecular formula is C12H13ClN2O2. The SMILES string of the molecule is CCC(C(=O)OC)n1ccc2c(Cl)ccnc21. The van der Waals surface area contributed by atoms with E-state index in [2.05, 4.69) is 4.98 Å². The summed E-state index contributed by atoms with van der Waals surface area (Å²) < 4.78 is 6.58. The van der Waals surface area contributed by atoms with Crippen LogP contribution in [-0.4, -0.2) is 22.6 Å². The van der Waals surface area contributed by atoms with Crippen LogP contribution in [0.25, 0.3) is 11.0 Å².